The number of carbonyl (C=O) groups is 1. The molecule has 0 fully saturated rings. The fourth-order valence-corrected chi connectivity index (χ4v) is 2.20. The maximum absolute atomic E-state index is 11.9. The van der Waals surface area contributed by atoms with Gasteiger partial charge in [0, 0.05) is 19.2 Å². The molecule has 0 radical (unpaired) electrons. The normalized spacial score (nSPS) is 10.7. The predicted molar refractivity (Wildman–Crippen MR) is 86.1 cm³/mol. The first-order valence-corrected chi connectivity index (χ1v) is 7.42. The Morgan fingerprint density at radius 1 is 1.29 bits per heavy atom. The van der Waals surface area contributed by atoms with Gasteiger partial charge in [0.15, 0.2) is 11.5 Å². The van der Waals surface area contributed by atoms with E-state index in [9.17, 15) is 4.79 Å². The summed E-state index contributed by atoms with van der Waals surface area (Å²) in [5, 5.41) is 0.464. The number of benzene rings is 1. The monoisotopic (exact) mass is 311 g/mol. The minimum atomic E-state index is -0.0241. The zero-order valence-electron chi connectivity index (χ0n) is 13.0. The molecule has 1 rings (SSSR count). The highest BCUT2D eigenvalue weighted by Gasteiger charge is 2.11. The lowest BCUT2D eigenvalue weighted by Crippen LogP contribution is -2.28. The molecule has 0 aliphatic rings. The van der Waals surface area contributed by atoms with Gasteiger partial charge in [-0.3, -0.25) is 4.79 Å². The van der Waals surface area contributed by atoms with Crippen LogP contribution in [0.15, 0.2) is 18.2 Å². The number of halogens is 1. The van der Waals surface area contributed by atoms with Gasteiger partial charge in [0.1, 0.15) is 0 Å². The Kier molecular flexibility index (Phi) is 7.09. The SMILES string of the molecule is CCOc1c(Cl)cc(C=CC(=O)N(CC)CC)cc1OC. The van der Waals surface area contributed by atoms with Crippen LogP contribution in [0, 0.1) is 0 Å². The second kappa shape index (κ2) is 8.57. The Morgan fingerprint density at radius 2 is 1.95 bits per heavy atom. The minimum absolute atomic E-state index is 0.0241. The zero-order chi connectivity index (χ0) is 15.8. The minimum Gasteiger partial charge on any atom is -0.493 e. The molecule has 21 heavy (non-hydrogen) atoms. The van der Waals surface area contributed by atoms with Crippen molar-refractivity contribution in [1.82, 2.24) is 4.90 Å². The highest BCUT2D eigenvalue weighted by atomic mass is 35.5. The Balaban J connectivity index is 2.99. The summed E-state index contributed by atoms with van der Waals surface area (Å²) in [5.41, 5.74) is 0.792. The van der Waals surface area contributed by atoms with Crippen molar-refractivity contribution in [2.24, 2.45) is 0 Å². The molecule has 0 aliphatic carbocycles. The van der Waals surface area contributed by atoms with Gasteiger partial charge in [0.05, 0.1) is 18.7 Å². The second-order valence-electron chi connectivity index (χ2n) is 4.31. The molecule has 0 N–H and O–H groups in total. The molecular formula is C16H22ClNO3. The molecule has 0 aromatic heterocycles. The molecule has 1 aromatic rings. The molecule has 5 heteroatoms. The summed E-state index contributed by atoms with van der Waals surface area (Å²) < 4.78 is 10.7. The summed E-state index contributed by atoms with van der Waals surface area (Å²) in [5.74, 6) is 1.05. The Hall–Kier alpha value is -1.68. The third-order valence-electron chi connectivity index (χ3n) is 3.03. The van der Waals surface area contributed by atoms with Crippen LogP contribution in [0.2, 0.25) is 5.02 Å². The largest absolute Gasteiger partial charge is 0.493 e. The number of carbonyl (C=O) groups excluding carboxylic acids is 1. The molecule has 0 saturated carbocycles. The smallest absolute Gasteiger partial charge is 0.246 e. The van der Waals surface area contributed by atoms with Crippen LogP contribution in [0.5, 0.6) is 11.5 Å². The molecule has 0 heterocycles. The van der Waals surface area contributed by atoms with E-state index in [0.717, 1.165) is 5.56 Å². The van der Waals surface area contributed by atoms with Crippen LogP contribution < -0.4 is 9.47 Å². The molecule has 0 atom stereocenters. The summed E-state index contributed by atoms with van der Waals surface area (Å²) in [6.45, 7) is 7.66. The van der Waals surface area contributed by atoms with Crippen molar-refractivity contribution in [3.05, 3.63) is 28.8 Å². The van der Waals surface area contributed by atoms with E-state index in [1.54, 1.807) is 36.3 Å². The van der Waals surface area contributed by atoms with Crippen LogP contribution in [0.25, 0.3) is 6.08 Å². The third kappa shape index (κ3) is 4.67. The first kappa shape index (κ1) is 17.4. The lowest BCUT2D eigenvalue weighted by Gasteiger charge is -2.16. The van der Waals surface area contributed by atoms with Crippen LogP contribution in [0.4, 0.5) is 0 Å². The average molecular weight is 312 g/mol. The maximum Gasteiger partial charge on any atom is 0.246 e. The average Bonchev–Trinajstić information content (AvgIpc) is 2.48. The van der Waals surface area contributed by atoms with Gasteiger partial charge in [0.2, 0.25) is 5.91 Å². The number of hydrogen-bond donors (Lipinski definition) is 0. The van der Waals surface area contributed by atoms with Crippen LogP contribution in [-0.4, -0.2) is 37.6 Å². The number of rotatable bonds is 7. The topological polar surface area (TPSA) is 38.8 Å². The van der Waals surface area contributed by atoms with E-state index in [4.69, 9.17) is 21.1 Å². The summed E-state index contributed by atoms with van der Waals surface area (Å²) in [4.78, 5) is 13.7. The highest BCUT2D eigenvalue weighted by Crippen LogP contribution is 2.36. The highest BCUT2D eigenvalue weighted by molar-refractivity contribution is 6.32. The van der Waals surface area contributed by atoms with Crippen LogP contribution >= 0.6 is 11.6 Å². The van der Waals surface area contributed by atoms with E-state index in [-0.39, 0.29) is 5.91 Å². The first-order chi connectivity index (χ1) is 10.1. The van der Waals surface area contributed by atoms with Gasteiger partial charge in [-0.2, -0.15) is 0 Å². The Labute approximate surface area is 131 Å². The second-order valence-corrected chi connectivity index (χ2v) is 4.72. The fourth-order valence-electron chi connectivity index (χ4n) is 1.93. The van der Waals surface area contributed by atoms with Crippen molar-refractivity contribution < 1.29 is 14.3 Å². The number of hydrogen-bond acceptors (Lipinski definition) is 3. The van der Waals surface area contributed by atoms with Crippen LogP contribution in [0.1, 0.15) is 26.3 Å². The number of nitrogens with zero attached hydrogens (tertiary/aromatic N) is 1. The van der Waals surface area contributed by atoms with E-state index < -0.39 is 0 Å². The third-order valence-corrected chi connectivity index (χ3v) is 3.31. The zero-order valence-corrected chi connectivity index (χ0v) is 13.7. The van der Waals surface area contributed by atoms with Gasteiger partial charge < -0.3 is 14.4 Å². The number of ether oxygens (including phenoxy) is 2. The molecule has 1 amide bonds. The van der Waals surface area contributed by atoms with E-state index in [1.807, 2.05) is 20.8 Å². The molecular weight excluding hydrogens is 290 g/mol. The van der Waals surface area contributed by atoms with E-state index in [2.05, 4.69) is 0 Å². The van der Waals surface area contributed by atoms with E-state index in [0.29, 0.717) is 36.2 Å². The van der Waals surface area contributed by atoms with Crippen LogP contribution in [-0.2, 0) is 4.79 Å². The van der Waals surface area contributed by atoms with Crippen molar-refractivity contribution in [2.75, 3.05) is 26.8 Å². The van der Waals surface area contributed by atoms with Crippen molar-refractivity contribution in [3.63, 3.8) is 0 Å². The number of amides is 1. The van der Waals surface area contributed by atoms with Gasteiger partial charge in [-0.15, -0.1) is 0 Å². The van der Waals surface area contributed by atoms with Crippen molar-refractivity contribution in [1.29, 1.82) is 0 Å². The molecule has 4 nitrogen and oxygen atoms in total. The summed E-state index contributed by atoms with van der Waals surface area (Å²) in [7, 11) is 1.56. The quantitative estimate of drug-likeness (QED) is 0.722. The van der Waals surface area contributed by atoms with Crippen molar-refractivity contribution >= 4 is 23.6 Å². The van der Waals surface area contributed by atoms with Gasteiger partial charge in [0.25, 0.3) is 0 Å². The molecule has 0 unspecified atom stereocenters. The van der Waals surface area contributed by atoms with Crippen LogP contribution in [0.3, 0.4) is 0 Å². The number of likely N-dealkylation sites (N-methyl/N-ethyl adjacent to an activating group) is 1. The first-order valence-electron chi connectivity index (χ1n) is 7.04. The predicted octanol–water partition coefficient (Wildman–Crippen LogP) is 3.63. The standard InChI is InChI=1S/C16H22ClNO3/c1-5-18(6-2)15(19)9-8-12-10-13(17)16(21-7-3)14(11-12)20-4/h8-11H,5-7H2,1-4H3. The lowest BCUT2D eigenvalue weighted by atomic mass is 10.2. The van der Waals surface area contributed by atoms with Gasteiger partial charge in [-0.1, -0.05) is 11.6 Å². The Morgan fingerprint density at radius 3 is 2.48 bits per heavy atom. The van der Waals surface area contributed by atoms with E-state index in [1.165, 1.54) is 0 Å². The molecule has 0 saturated heterocycles. The molecule has 116 valence electrons. The van der Waals surface area contributed by atoms with Gasteiger partial charge >= 0.3 is 0 Å². The maximum atomic E-state index is 11.9. The fraction of sp³-hybridized carbons (Fsp3) is 0.438. The summed E-state index contributed by atoms with van der Waals surface area (Å²) in [6, 6.07) is 3.55. The molecule has 1 aromatic carbocycles. The summed E-state index contributed by atoms with van der Waals surface area (Å²) in [6.07, 6.45) is 3.27. The molecule has 0 aliphatic heterocycles. The lowest BCUT2D eigenvalue weighted by molar-refractivity contribution is -0.125. The molecule has 0 bridgehead atoms. The van der Waals surface area contributed by atoms with E-state index >= 15 is 0 Å². The Bertz CT molecular complexity index is 510. The van der Waals surface area contributed by atoms with Crippen molar-refractivity contribution in [3.8, 4) is 11.5 Å². The number of methoxy groups -OCH3 is 1. The van der Waals surface area contributed by atoms with Gasteiger partial charge in [-0.05, 0) is 44.5 Å². The summed E-state index contributed by atoms with van der Waals surface area (Å²) >= 11 is 6.19. The molecule has 0 spiro atoms. The van der Waals surface area contributed by atoms with Crippen molar-refractivity contribution in [2.45, 2.75) is 20.8 Å². The van der Waals surface area contributed by atoms with Gasteiger partial charge in [-0.25, -0.2) is 0 Å².